The first-order valence-corrected chi connectivity index (χ1v) is 7.27. The SMILES string of the molecule is CC(CCCN)OC1CC2CCC1(C)C2(C)C. The first kappa shape index (κ1) is 13.4. The van der Waals surface area contributed by atoms with Gasteiger partial charge in [0.1, 0.15) is 0 Å². The molecule has 2 heteroatoms. The maximum Gasteiger partial charge on any atom is 0.0640 e. The molecule has 2 saturated carbocycles. The van der Waals surface area contributed by atoms with Crippen LogP contribution in [-0.2, 0) is 4.74 Å². The third-order valence-electron chi connectivity index (χ3n) is 5.93. The molecule has 100 valence electrons. The molecule has 2 aliphatic rings. The molecule has 0 radical (unpaired) electrons. The molecule has 2 rings (SSSR count). The first-order valence-electron chi connectivity index (χ1n) is 7.27. The van der Waals surface area contributed by atoms with E-state index >= 15 is 0 Å². The minimum Gasteiger partial charge on any atom is -0.375 e. The zero-order valence-electron chi connectivity index (χ0n) is 12.0. The molecule has 0 aromatic heterocycles. The van der Waals surface area contributed by atoms with Gasteiger partial charge in [-0.25, -0.2) is 0 Å². The molecule has 0 saturated heterocycles. The highest BCUT2D eigenvalue weighted by Crippen LogP contribution is 2.66. The van der Waals surface area contributed by atoms with Crippen molar-refractivity contribution < 1.29 is 4.74 Å². The molecule has 2 N–H and O–H groups in total. The molecule has 2 aliphatic carbocycles. The van der Waals surface area contributed by atoms with Crippen LogP contribution in [0.4, 0.5) is 0 Å². The molecule has 2 bridgehead atoms. The average molecular weight is 239 g/mol. The van der Waals surface area contributed by atoms with Crippen molar-refractivity contribution in [1.82, 2.24) is 0 Å². The van der Waals surface area contributed by atoms with Gasteiger partial charge in [0, 0.05) is 0 Å². The van der Waals surface area contributed by atoms with Crippen molar-refractivity contribution in [2.24, 2.45) is 22.5 Å². The first-order chi connectivity index (χ1) is 7.91. The van der Waals surface area contributed by atoms with Gasteiger partial charge in [0.15, 0.2) is 0 Å². The number of rotatable bonds is 5. The fraction of sp³-hybridized carbons (Fsp3) is 1.00. The second-order valence-corrected chi connectivity index (χ2v) is 6.98. The van der Waals surface area contributed by atoms with Crippen LogP contribution >= 0.6 is 0 Å². The van der Waals surface area contributed by atoms with E-state index in [0.717, 1.165) is 25.3 Å². The highest BCUT2D eigenvalue weighted by molar-refractivity contribution is 5.11. The second kappa shape index (κ2) is 4.55. The third kappa shape index (κ3) is 2.04. The predicted octanol–water partition coefficient (Wildman–Crippen LogP) is 3.35. The van der Waals surface area contributed by atoms with Gasteiger partial charge in [0.25, 0.3) is 0 Å². The predicted molar refractivity (Wildman–Crippen MR) is 71.9 cm³/mol. The van der Waals surface area contributed by atoms with E-state index in [-0.39, 0.29) is 0 Å². The summed E-state index contributed by atoms with van der Waals surface area (Å²) in [6.45, 7) is 10.3. The Morgan fingerprint density at radius 1 is 1.35 bits per heavy atom. The molecule has 0 heterocycles. The molecule has 0 spiro atoms. The maximum atomic E-state index is 6.33. The Labute approximate surface area is 106 Å². The number of hydrogen-bond acceptors (Lipinski definition) is 2. The largest absolute Gasteiger partial charge is 0.375 e. The summed E-state index contributed by atoms with van der Waals surface area (Å²) in [5, 5.41) is 0. The zero-order valence-corrected chi connectivity index (χ0v) is 12.0. The third-order valence-corrected chi connectivity index (χ3v) is 5.93. The van der Waals surface area contributed by atoms with Crippen molar-refractivity contribution in [1.29, 1.82) is 0 Å². The summed E-state index contributed by atoms with van der Waals surface area (Å²) in [6, 6.07) is 0. The molecular weight excluding hydrogens is 210 g/mol. The van der Waals surface area contributed by atoms with Gasteiger partial charge < -0.3 is 10.5 Å². The van der Waals surface area contributed by atoms with E-state index in [4.69, 9.17) is 10.5 Å². The Kier molecular flexibility index (Phi) is 3.57. The lowest BCUT2D eigenvalue weighted by molar-refractivity contribution is -0.0825. The van der Waals surface area contributed by atoms with Crippen LogP contribution in [0.2, 0.25) is 0 Å². The van der Waals surface area contributed by atoms with E-state index in [9.17, 15) is 0 Å². The molecule has 2 fully saturated rings. The molecule has 4 unspecified atom stereocenters. The van der Waals surface area contributed by atoms with Crippen LogP contribution in [0.25, 0.3) is 0 Å². The summed E-state index contributed by atoms with van der Waals surface area (Å²) >= 11 is 0. The molecule has 0 aromatic carbocycles. The topological polar surface area (TPSA) is 35.2 Å². The van der Waals surface area contributed by atoms with Gasteiger partial charge >= 0.3 is 0 Å². The van der Waals surface area contributed by atoms with Gasteiger partial charge in [-0.15, -0.1) is 0 Å². The Morgan fingerprint density at radius 2 is 2.06 bits per heavy atom. The molecule has 0 aliphatic heterocycles. The minimum absolute atomic E-state index is 0.371. The molecule has 0 amide bonds. The number of hydrogen-bond donors (Lipinski definition) is 1. The fourth-order valence-corrected chi connectivity index (χ4v) is 4.09. The van der Waals surface area contributed by atoms with E-state index in [1.165, 1.54) is 19.3 Å². The van der Waals surface area contributed by atoms with Crippen LogP contribution in [0.1, 0.15) is 59.8 Å². The monoisotopic (exact) mass is 239 g/mol. The number of nitrogens with two attached hydrogens (primary N) is 1. The van der Waals surface area contributed by atoms with Gasteiger partial charge in [0.05, 0.1) is 12.2 Å². The lowest BCUT2D eigenvalue weighted by Crippen LogP contribution is -2.38. The summed E-state index contributed by atoms with van der Waals surface area (Å²) in [7, 11) is 0. The van der Waals surface area contributed by atoms with Crippen molar-refractivity contribution in [3.8, 4) is 0 Å². The van der Waals surface area contributed by atoms with E-state index in [2.05, 4.69) is 27.7 Å². The molecule has 0 aromatic rings. The van der Waals surface area contributed by atoms with E-state index in [0.29, 0.717) is 23.0 Å². The standard InChI is InChI=1S/C15H29NO/c1-11(6-5-9-16)17-13-10-12-7-8-15(13,4)14(12,2)3/h11-13H,5-10,16H2,1-4H3. The van der Waals surface area contributed by atoms with Gasteiger partial charge in [-0.1, -0.05) is 20.8 Å². The summed E-state index contributed by atoms with van der Waals surface area (Å²) < 4.78 is 6.33. The van der Waals surface area contributed by atoms with Crippen LogP contribution in [0.15, 0.2) is 0 Å². The second-order valence-electron chi connectivity index (χ2n) is 6.98. The molecule has 4 atom stereocenters. The Bertz CT molecular complexity index is 276. The van der Waals surface area contributed by atoms with Crippen molar-refractivity contribution in [3.63, 3.8) is 0 Å². The molecular formula is C15H29NO. The van der Waals surface area contributed by atoms with Crippen molar-refractivity contribution in [2.45, 2.75) is 72.0 Å². The lowest BCUT2D eigenvalue weighted by Gasteiger charge is -2.40. The smallest absolute Gasteiger partial charge is 0.0640 e. The van der Waals surface area contributed by atoms with Gasteiger partial charge in [0.2, 0.25) is 0 Å². The molecule has 17 heavy (non-hydrogen) atoms. The molecule has 2 nitrogen and oxygen atoms in total. The van der Waals surface area contributed by atoms with Crippen LogP contribution in [0, 0.1) is 16.7 Å². The van der Waals surface area contributed by atoms with Gasteiger partial charge in [-0.2, -0.15) is 0 Å². The van der Waals surface area contributed by atoms with Crippen molar-refractivity contribution >= 4 is 0 Å². The number of fused-ring (bicyclic) bond motifs is 2. The van der Waals surface area contributed by atoms with E-state index in [1.54, 1.807) is 0 Å². The normalized spacial score (nSPS) is 40.8. The summed E-state index contributed by atoms with van der Waals surface area (Å²) in [4.78, 5) is 0. The minimum atomic E-state index is 0.371. The van der Waals surface area contributed by atoms with E-state index < -0.39 is 0 Å². The highest BCUT2D eigenvalue weighted by atomic mass is 16.5. The summed E-state index contributed by atoms with van der Waals surface area (Å²) in [5.41, 5.74) is 6.42. The van der Waals surface area contributed by atoms with Gasteiger partial charge in [-0.05, 0) is 62.3 Å². The highest BCUT2D eigenvalue weighted by Gasteiger charge is 2.62. The Balaban J connectivity index is 1.96. The van der Waals surface area contributed by atoms with Crippen molar-refractivity contribution in [2.75, 3.05) is 6.54 Å². The van der Waals surface area contributed by atoms with Crippen molar-refractivity contribution in [3.05, 3.63) is 0 Å². The Hall–Kier alpha value is -0.0800. The zero-order chi connectivity index (χ0) is 12.7. The fourth-order valence-electron chi connectivity index (χ4n) is 4.09. The van der Waals surface area contributed by atoms with Gasteiger partial charge in [-0.3, -0.25) is 0 Å². The van der Waals surface area contributed by atoms with Crippen LogP contribution in [0.5, 0.6) is 0 Å². The number of ether oxygens (including phenoxy) is 1. The maximum absolute atomic E-state index is 6.33. The van der Waals surface area contributed by atoms with E-state index in [1.807, 2.05) is 0 Å². The van der Waals surface area contributed by atoms with Crippen LogP contribution < -0.4 is 5.73 Å². The average Bonchev–Trinajstić information content (AvgIpc) is 2.59. The lowest BCUT2D eigenvalue weighted by atomic mass is 9.70. The quantitative estimate of drug-likeness (QED) is 0.798. The Morgan fingerprint density at radius 3 is 2.53 bits per heavy atom. The van der Waals surface area contributed by atoms with Crippen LogP contribution in [0.3, 0.4) is 0 Å². The summed E-state index contributed by atoms with van der Waals surface area (Å²) in [5.74, 6) is 0.874. The van der Waals surface area contributed by atoms with Crippen LogP contribution in [-0.4, -0.2) is 18.8 Å². The summed E-state index contributed by atoms with van der Waals surface area (Å²) in [6.07, 6.45) is 7.06.